The first-order valence-corrected chi connectivity index (χ1v) is 7.95. The third-order valence-corrected chi connectivity index (χ3v) is 3.07. The summed E-state index contributed by atoms with van der Waals surface area (Å²) < 4.78 is 12.5. The van der Waals surface area contributed by atoms with Gasteiger partial charge in [0.25, 0.3) is 0 Å². The van der Waals surface area contributed by atoms with E-state index in [1.165, 1.54) is 17.7 Å². The van der Waals surface area contributed by atoms with Crippen LogP contribution in [0.2, 0.25) is 0 Å². The molecule has 0 aromatic heterocycles. The molecule has 0 bridgehead atoms. The van der Waals surface area contributed by atoms with Gasteiger partial charge in [-0.15, -0.1) is 0 Å². The molecule has 5 heteroatoms. The maximum Gasteiger partial charge on any atom is 0.243 e. The number of carbonyl (C=O) groups excluding carboxylic acids is 1. The van der Waals surface area contributed by atoms with Crippen LogP contribution in [-0.4, -0.2) is 23.3 Å². The fourth-order valence-electron chi connectivity index (χ4n) is 1.92. The van der Waals surface area contributed by atoms with Crippen molar-refractivity contribution in [2.45, 2.75) is 26.2 Å². The van der Waals surface area contributed by atoms with Gasteiger partial charge in [-0.3, -0.25) is 10.0 Å². The number of aryl methyl sites for hydroxylation is 1. The van der Waals surface area contributed by atoms with Crippen molar-refractivity contribution in [1.82, 2.24) is 5.48 Å². The summed E-state index contributed by atoms with van der Waals surface area (Å²) in [5, 5.41) is 15.2. The Morgan fingerprint density at radius 2 is 1.68 bits per heavy atom. The smallest absolute Gasteiger partial charge is 0.243 e. The van der Waals surface area contributed by atoms with Crippen LogP contribution < -0.4 is 5.48 Å². The molecule has 25 heavy (non-hydrogen) atoms. The number of aliphatic hydroxyl groups excluding tert-OH is 1. The van der Waals surface area contributed by atoms with Gasteiger partial charge in [-0.25, -0.2) is 9.87 Å². The van der Waals surface area contributed by atoms with Gasteiger partial charge in [0, 0.05) is 13.5 Å². The Kier molecular flexibility index (Phi) is 13.5. The van der Waals surface area contributed by atoms with E-state index < -0.39 is 5.91 Å². The molecule has 0 atom stereocenters. The largest absolute Gasteiger partial charge is 0.400 e. The molecule has 0 unspecified atom stereocenters. The van der Waals surface area contributed by atoms with Crippen molar-refractivity contribution in [3.8, 4) is 0 Å². The van der Waals surface area contributed by atoms with E-state index in [2.05, 4.69) is 18.2 Å². The summed E-state index contributed by atoms with van der Waals surface area (Å²) in [5.74, 6) is -0.658. The number of aliphatic hydroxyl groups is 1. The molecule has 136 valence electrons. The highest BCUT2D eigenvalue weighted by Crippen LogP contribution is 2.06. The highest BCUT2D eigenvalue weighted by atomic mass is 19.1. The summed E-state index contributed by atoms with van der Waals surface area (Å²) in [6.07, 6.45) is 5.73. The number of rotatable bonds is 5. The Bertz CT molecular complexity index is 598. The summed E-state index contributed by atoms with van der Waals surface area (Å²) >= 11 is 0. The summed E-state index contributed by atoms with van der Waals surface area (Å²) in [7, 11) is 1.00. The van der Waals surface area contributed by atoms with Gasteiger partial charge in [0.2, 0.25) is 5.91 Å². The van der Waals surface area contributed by atoms with Crippen LogP contribution in [0.15, 0.2) is 60.7 Å². The molecule has 3 N–H and O–H groups in total. The quantitative estimate of drug-likeness (QED) is 0.566. The molecule has 0 saturated carbocycles. The molecule has 0 aliphatic carbocycles. The van der Waals surface area contributed by atoms with E-state index in [-0.39, 0.29) is 12.2 Å². The topological polar surface area (TPSA) is 69.6 Å². The Morgan fingerprint density at radius 3 is 2.20 bits per heavy atom. The lowest BCUT2D eigenvalue weighted by Crippen LogP contribution is -2.18. The third kappa shape index (κ3) is 11.6. The first-order valence-electron chi connectivity index (χ1n) is 7.95. The molecular weight excluding hydrogens is 321 g/mol. The van der Waals surface area contributed by atoms with E-state index >= 15 is 0 Å². The molecule has 2 aromatic carbocycles. The van der Waals surface area contributed by atoms with Gasteiger partial charge >= 0.3 is 0 Å². The lowest BCUT2D eigenvalue weighted by molar-refractivity contribution is -0.129. The van der Waals surface area contributed by atoms with E-state index in [0.717, 1.165) is 12.7 Å². The van der Waals surface area contributed by atoms with Crippen molar-refractivity contribution in [2.24, 2.45) is 0 Å². The van der Waals surface area contributed by atoms with Crippen molar-refractivity contribution >= 4 is 12.0 Å². The molecule has 4 nitrogen and oxygen atoms in total. The molecule has 0 aliphatic heterocycles. The molecule has 2 aromatic rings. The highest BCUT2D eigenvalue weighted by molar-refractivity contribution is 5.74. The number of allylic oxidation sites excluding steroid dienone is 1. The predicted octanol–water partition coefficient (Wildman–Crippen LogP) is 3.98. The monoisotopic (exact) mass is 347 g/mol. The molecule has 2 rings (SSSR count). The molecule has 0 radical (unpaired) electrons. The zero-order valence-corrected chi connectivity index (χ0v) is 14.7. The molecule has 0 heterocycles. The van der Waals surface area contributed by atoms with Crippen LogP contribution in [0.3, 0.4) is 0 Å². The predicted molar refractivity (Wildman–Crippen MR) is 98.6 cm³/mol. The lowest BCUT2D eigenvalue weighted by atomic mass is 10.1. The van der Waals surface area contributed by atoms with Gasteiger partial charge in [0.05, 0.1) is 0 Å². The van der Waals surface area contributed by atoms with Crippen molar-refractivity contribution < 1.29 is 19.5 Å². The van der Waals surface area contributed by atoms with Crippen LogP contribution in [0.5, 0.6) is 0 Å². The van der Waals surface area contributed by atoms with Crippen LogP contribution in [0, 0.1) is 5.82 Å². The standard InChI is InChI=1S/C10H12FNO2.C9H10.CH4O/c11-9-6-4-8(5-7-9)2-1-3-10(13)12-14;1-2-6-9-7-4-3-5-8-9;1-2/h4-7,14H,1-3H2,(H,12,13);2-8H,1H3;2H,1H3/b;6-2+;. The minimum absolute atomic E-state index is 0.262. The highest BCUT2D eigenvalue weighted by Gasteiger charge is 1.99. The first-order chi connectivity index (χ1) is 12.2. The fraction of sp³-hybridized carbons (Fsp3) is 0.250. The first kappa shape index (κ1) is 22.5. The van der Waals surface area contributed by atoms with Crippen LogP contribution >= 0.6 is 0 Å². The third-order valence-electron chi connectivity index (χ3n) is 3.07. The second kappa shape index (κ2) is 15.1. The van der Waals surface area contributed by atoms with Crippen LogP contribution in [0.25, 0.3) is 6.08 Å². The number of amides is 1. The zero-order valence-electron chi connectivity index (χ0n) is 14.7. The second-order valence-corrected chi connectivity index (χ2v) is 4.93. The molecule has 0 fully saturated rings. The number of nitrogens with one attached hydrogen (secondary N) is 1. The Morgan fingerprint density at radius 1 is 1.08 bits per heavy atom. The van der Waals surface area contributed by atoms with Crippen molar-refractivity contribution in [2.75, 3.05) is 7.11 Å². The SMILES string of the molecule is C/C=C/c1ccccc1.CO.O=C(CCCc1ccc(F)cc1)NO. The number of hydrogen-bond donors (Lipinski definition) is 3. The van der Waals surface area contributed by atoms with E-state index in [0.29, 0.717) is 12.8 Å². The van der Waals surface area contributed by atoms with Crippen LogP contribution in [-0.2, 0) is 11.2 Å². The number of hydrogen-bond acceptors (Lipinski definition) is 3. The average molecular weight is 347 g/mol. The normalized spacial score (nSPS) is 9.48. The van der Waals surface area contributed by atoms with Gasteiger partial charge in [-0.05, 0) is 43.0 Å². The Labute approximate surface area is 148 Å². The molecule has 1 amide bonds. The number of hydroxylamine groups is 1. The zero-order chi connectivity index (χ0) is 18.9. The number of halogens is 1. The Balaban J connectivity index is 0.000000451. The minimum Gasteiger partial charge on any atom is -0.400 e. The number of benzene rings is 2. The van der Waals surface area contributed by atoms with Crippen LogP contribution in [0.1, 0.15) is 30.9 Å². The summed E-state index contributed by atoms with van der Waals surface area (Å²) in [4.78, 5) is 10.6. The molecule has 0 saturated heterocycles. The average Bonchev–Trinajstić information content (AvgIpc) is 2.66. The van der Waals surface area contributed by atoms with E-state index in [1.54, 1.807) is 17.6 Å². The van der Waals surface area contributed by atoms with Gasteiger partial charge < -0.3 is 5.11 Å². The van der Waals surface area contributed by atoms with E-state index in [1.807, 2.05) is 31.2 Å². The van der Waals surface area contributed by atoms with E-state index in [9.17, 15) is 9.18 Å². The molecular formula is C20H26FNO3. The lowest BCUT2D eigenvalue weighted by Gasteiger charge is -2.00. The van der Waals surface area contributed by atoms with Gasteiger partial charge in [0.1, 0.15) is 5.82 Å². The van der Waals surface area contributed by atoms with Gasteiger partial charge in [-0.2, -0.15) is 0 Å². The molecule has 0 spiro atoms. The van der Waals surface area contributed by atoms with Crippen molar-refractivity contribution in [3.63, 3.8) is 0 Å². The number of carbonyl (C=O) groups is 1. The van der Waals surface area contributed by atoms with Gasteiger partial charge in [0.15, 0.2) is 0 Å². The maximum atomic E-state index is 12.5. The fourth-order valence-corrected chi connectivity index (χ4v) is 1.92. The minimum atomic E-state index is -0.396. The second-order valence-electron chi connectivity index (χ2n) is 4.93. The summed E-state index contributed by atoms with van der Waals surface area (Å²) in [5.41, 5.74) is 3.81. The Hall–Kier alpha value is -2.50. The molecule has 0 aliphatic rings. The van der Waals surface area contributed by atoms with Crippen LogP contribution in [0.4, 0.5) is 4.39 Å². The maximum absolute atomic E-state index is 12.5. The summed E-state index contributed by atoms with van der Waals surface area (Å²) in [6.45, 7) is 2.02. The van der Waals surface area contributed by atoms with Crippen molar-refractivity contribution in [3.05, 3.63) is 77.6 Å². The summed E-state index contributed by atoms with van der Waals surface area (Å²) in [6, 6.07) is 16.4. The van der Waals surface area contributed by atoms with E-state index in [4.69, 9.17) is 10.3 Å². The van der Waals surface area contributed by atoms with Crippen molar-refractivity contribution in [1.29, 1.82) is 0 Å². The van der Waals surface area contributed by atoms with Gasteiger partial charge in [-0.1, -0.05) is 54.6 Å².